The molecule has 1 N–H and O–H groups in total. The summed E-state index contributed by atoms with van der Waals surface area (Å²) < 4.78 is 5.95. The summed E-state index contributed by atoms with van der Waals surface area (Å²) in [5.41, 5.74) is 7.05. The van der Waals surface area contributed by atoms with Crippen molar-refractivity contribution < 1.29 is 4.74 Å². The molecule has 0 saturated carbocycles. The minimum atomic E-state index is 0.280. The van der Waals surface area contributed by atoms with Gasteiger partial charge in [-0.05, 0) is 87.1 Å². The van der Waals surface area contributed by atoms with Gasteiger partial charge in [-0.2, -0.15) is 0 Å². The van der Waals surface area contributed by atoms with Crippen molar-refractivity contribution >= 4 is 21.6 Å². The van der Waals surface area contributed by atoms with Crippen molar-refractivity contribution in [3.05, 3.63) is 46.3 Å². The summed E-state index contributed by atoms with van der Waals surface area (Å²) in [6.07, 6.45) is 11.3. The van der Waals surface area contributed by atoms with Gasteiger partial charge in [0.25, 0.3) is 0 Å². The van der Waals surface area contributed by atoms with E-state index in [0.717, 1.165) is 13.0 Å². The summed E-state index contributed by atoms with van der Waals surface area (Å²) in [5.74, 6) is 0. The second-order valence-corrected chi connectivity index (χ2v) is 10.2. The highest BCUT2D eigenvalue weighted by atomic mass is 32.1. The minimum absolute atomic E-state index is 0.280. The van der Waals surface area contributed by atoms with E-state index in [1.807, 2.05) is 0 Å². The van der Waals surface area contributed by atoms with E-state index >= 15 is 0 Å². The fraction of sp³-hybridized carbons (Fsp3) is 0.571. The van der Waals surface area contributed by atoms with Crippen LogP contribution >= 0.6 is 11.3 Å². The summed E-state index contributed by atoms with van der Waals surface area (Å²) in [6, 6.07) is 9.03. The van der Waals surface area contributed by atoms with E-state index in [2.05, 4.69) is 69.2 Å². The zero-order valence-corrected chi connectivity index (χ0v) is 21.1. The van der Waals surface area contributed by atoms with Crippen LogP contribution in [0, 0.1) is 13.8 Å². The average Bonchev–Trinajstić information content (AvgIpc) is 3.32. The van der Waals surface area contributed by atoms with Crippen LogP contribution < -0.4 is 0 Å². The van der Waals surface area contributed by atoms with Gasteiger partial charge >= 0.3 is 0 Å². The molecule has 4 rings (SSSR count). The SMILES string of the molecule is CCCC1(CCC)CCCCO1.CCCc1c(-c2cc(C)cc(C)c2)[nH]c2sccc12. The second kappa shape index (κ2) is 11.3. The maximum absolute atomic E-state index is 5.95. The Balaban J connectivity index is 0.000000196. The first-order valence-electron chi connectivity index (χ1n) is 12.3. The van der Waals surface area contributed by atoms with E-state index in [1.54, 1.807) is 11.3 Å². The van der Waals surface area contributed by atoms with Gasteiger partial charge in [-0.25, -0.2) is 0 Å². The summed E-state index contributed by atoms with van der Waals surface area (Å²) in [7, 11) is 0. The molecule has 1 aromatic carbocycles. The Morgan fingerprint density at radius 2 is 1.68 bits per heavy atom. The highest BCUT2D eigenvalue weighted by molar-refractivity contribution is 7.16. The molecule has 1 aliphatic heterocycles. The summed E-state index contributed by atoms with van der Waals surface area (Å²) in [5, 5.41) is 3.58. The number of aromatic nitrogens is 1. The Kier molecular flexibility index (Phi) is 8.80. The summed E-state index contributed by atoms with van der Waals surface area (Å²) >= 11 is 1.80. The van der Waals surface area contributed by atoms with Crippen molar-refractivity contribution in [1.82, 2.24) is 4.98 Å². The molecule has 0 radical (unpaired) electrons. The Morgan fingerprint density at radius 1 is 0.968 bits per heavy atom. The molecule has 0 unspecified atom stereocenters. The molecule has 170 valence electrons. The predicted molar refractivity (Wildman–Crippen MR) is 137 cm³/mol. The molecule has 31 heavy (non-hydrogen) atoms. The van der Waals surface area contributed by atoms with Gasteiger partial charge in [-0.15, -0.1) is 11.3 Å². The van der Waals surface area contributed by atoms with Gasteiger partial charge in [0.2, 0.25) is 0 Å². The van der Waals surface area contributed by atoms with Crippen LogP contribution in [0.4, 0.5) is 0 Å². The van der Waals surface area contributed by atoms with Gasteiger partial charge in [0.15, 0.2) is 0 Å². The molecule has 3 heteroatoms. The first kappa shape index (κ1) is 24.1. The highest BCUT2D eigenvalue weighted by Gasteiger charge is 2.30. The average molecular weight is 440 g/mol. The standard InChI is InChI=1S/C17H19NS.C11H22O/c1-4-5-14-15-6-7-19-17(15)18-16(14)13-9-11(2)8-12(3)10-13;1-3-7-11(8-4-2)9-5-6-10-12-11/h6-10,18H,4-5H2,1-3H3;3-10H2,1-2H3. The number of thiophene rings is 1. The van der Waals surface area contributed by atoms with E-state index in [4.69, 9.17) is 4.74 Å². The molecule has 0 aliphatic carbocycles. The Labute approximate surface area is 193 Å². The monoisotopic (exact) mass is 439 g/mol. The second-order valence-electron chi connectivity index (χ2n) is 9.26. The lowest BCUT2D eigenvalue weighted by molar-refractivity contribution is -0.0893. The fourth-order valence-electron chi connectivity index (χ4n) is 5.18. The van der Waals surface area contributed by atoms with E-state index in [1.165, 1.54) is 89.5 Å². The largest absolute Gasteiger partial charge is 0.375 e. The normalized spacial score (nSPS) is 15.6. The zero-order valence-electron chi connectivity index (χ0n) is 20.3. The third kappa shape index (κ3) is 6.02. The number of H-pyrrole nitrogens is 1. The Bertz CT molecular complexity index is 909. The maximum Gasteiger partial charge on any atom is 0.100 e. The first-order chi connectivity index (χ1) is 15.0. The van der Waals surface area contributed by atoms with Crippen LogP contribution in [0.25, 0.3) is 21.5 Å². The molecule has 2 aromatic heterocycles. The molecule has 2 nitrogen and oxygen atoms in total. The number of aromatic amines is 1. The fourth-order valence-corrected chi connectivity index (χ4v) is 6.00. The number of aryl methyl sites for hydroxylation is 3. The summed E-state index contributed by atoms with van der Waals surface area (Å²) in [6.45, 7) is 12.1. The van der Waals surface area contributed by atoms with Crippen LogP contribution in [0.2, 0.25) is 0 Å². The predicted octanol–water partition coefficient (Wildman–Crippen LogP) is 8.99. The molecule has 1 aliphatic rings. The maximum atomic E-state index is 5.95. The number of rotatable bonds is 7. The number of ether oxygens (including phenoxy) is 1. The molecular formula is C28H41NOS. The van der Waals surface area contributed by atoms with Crippen LogP contribution in [-0.2, 0) is 11.2 Å². The van der Waals surface area contributed by atoms with Crippen LogP contribution in [0.5, 0.6) is 0 Å². The number of hydrogen-bond donors (Lipinski definition) is 1. The molecule has 0 amide bonds. The minimum Gasteiger partial charge on any atom is -0.375 e. The van der Waals surface area contributed by atoms with E-state index in [9.17, 15) is 0 Å². The van der Waals surface area contributed by atoms with E-state index in [0.29, 0.717) is 0 Å². The number of hydrogen-bond acceptors (Lipinski definition) is 2. The molecule has 0 atom stereocenters. The number of benzene rings is 1. The molecule has 3 aromatic rings. The molecule has 1 fully saturated rings. The molecule has 0 bridgehead atoms. The third-order valence-corrected chi connectivity index (χ3v) is 7.22. The topological polar surface area (TPSA) is 25.0 Å². The zero-order chi connectivity index (χ0) is 22.3. The van der Waals surface area contributed by atoms with Crippen LogP contribution in [-0.4, -0.2) is 17.2 Å². The molecule has 0 spiro atoms. The van der Waals surface area contributed by atoms with Crippen molar-refractivity contribution in [3.63, 3.8) is 0 Å². The van der Waals surface area contributed by atoms with Gasteiger partial charge in [0.05, 0.1) is 11.3 Å². The van der Waals surface area contributed by atoms with Crippen LogP contribution in [0.3, 0.4) is 0 Å². The van der Waals surface area contributed by atoms with Crippen molar-refractivity contribution in [2.75, 3.05) is 6.61 Å². The van der Waals surface area contributed by atoms with Crippen molar-refractivity contribution in [1.29, 1.82) is 0 Å². The molecule has 3 heterocycles. The summed E-state index contributed by atoms with van der Waals surface area (Å²) in [4.78, 5) is 4.92. The Morgan fingerprint density at radius 3 is 2.26 bits per heavy atom. The van der Waals surface area contributed by atoms with Crippen molar-refractivity contribution in [3.8, 4) is 11.3 Å². The van der Waals surface area contributed by atoms with Crippen molar-refractivity contribution in [2.24, 2.45) is 0 Å². The smallest absolute Gasteiger partial charge is 0.100 e. The van der Waals surface area contributed by atoms with E-state index in [-0.39, 0.29) is 5.60 Å². The molecule has 1 saturated heterocycles. The molecular weight excluding hydrogens is 398 g/mol. The lowest BCUT2D eigenvalue weighted by atomic mass is 9.85. The van der Waals surface area contributed by atoms with Gasteiger partial charge in [-0.3, -0.25) is 0 Å². The quantitative estimate of drug-likeness (QED) is 0.390. The van der Waals surface area contributed by atoms with Gasteiger partial charge in [0.1, 0.15) is 4.83 Å². The van der Waals surface area contributed by atoms with Gasteiger partial charge in [-0.1, -0.05) is 57.2 Å². The van der Waals surface area contributed by atoms with Gasteiger partial charge < -0.3 is 9.72 Å². The van der Waals surface area contributed by atoms with Gasteiger partial charge in [0, 0.05) is 12.0 Å². The first-order valence-corrected chi connectivity index (χ1v) is 13.2. The lowest BCUT2D eigenvalue weighted by Gasteiger charge is -2.37. The van der Waals surface area contributed by atoms with Crippen LogP contribution in [0.15, 0.2) is 29.6 Å². The number of nitrogens with one attached hydrogen (secondary N) is 1. The number of fused-ring (bicyclic) bond motifs is 1. The van der Waals surface area contributed by atoms with E-state index < -0.39 is 0 Å². The lowest BCUT2D eigenvalue weighted by Crippen LogP contribution is -2.35. The third-order valence-electron chi connectivity index (χ3n) is 6.39. The highest BCUT2D eigenvalue weighted by Crippen LogP contribution is 2.35. The van der Waals surface area contributed by atoms with Crippen molar-refractivity contribution in [2.45, 2.75) is 98.0 Å². The van der Waals surface area contributed by atoms with Crippen LogP contribution in [0.1, 0.15) is 88.8 Å². The Hall–Kier alpha value is -1.58.